The van der Waals surface area contributed by atoms with E-state index < -0.39 is 0 Å². The van der Waals surface area contributed by atoms with Crippen LogP contribution >= 0.6 is 0 Å². The van der Waals surface area contributed by atoms with Crippen LogP contribution in [-0.4, -0.2) is 47.0 Å². The van der Waals surface area contributed by atoms with E-state index in [1.807, 2.05) is 4.90 Å². The summed E-state index contributed by atoms with van der Waals surface area (Å²) in [6.45, 7) is 5.46. The maximum atomic E-state index is 13.3. The van der Waals surface area contributed by atoms with E-state index >= 15 is 0 Å². The van der Waals surface area contributed by atoms with Gasteiger partial charge in [-0.05, 0) is 43.2 Å². The monoisotopic (exact) mass is 380 g/mol. The van der Waals surface area contributed by atoms with Crippen molar-refractivity contribution in [1.29, 1.82) is 0 Å². The van der Waals surface area contributed by atoms with Crippen molar-refractivity contribution in [3.63, 3.8) is 0 Å². The van der Waals surface area contributed by atoms with Gasteiger partial charge in [0.2, 0.25) is 5.91 Å². The average Bonchev–Trinajstić information content (AvgIpc) is 2.92. The number of carbonyl (C=O) groups is 1. The van der Waals surface area contributed by atoms with Crippen LogP contribution in [0, 0.1) is 12.7 Å². The molecule has 4 rings (SSSR count). The number of anilines is 1. The number of benzene rings is 2. The Labute approximate surface area is 164 Å². The molecule has 2 aromatic carbocycles. The number of para-hydroxylation sites is 1. The van der Waals surface area contributed by atoms with Crippen LogP contribution in [-0.2, 0) is 11.2 Å². The van der Waals surface area contributed by atoms with Gasteiger partial charge in [0.05, 0.1) is 11.0 Å². The van der Waals surface area contributed by atoms with E-state index in [2.05, 4.69) is 46.1 Å². The second-order valence-corrected chi connectivity index (χ2v) is 7.35. The van der Waals surface area contributed by atoms with Crippen LogP contribution in [0.1, 0.15) is 24.2 Å². The number of halogens is 1. The van der Waals surface area contributed by atoms with Crippen molar-refractivity contribution >= 4 is 22.6 Å². The highest BCUT2D eigenvalue weighted by Gasteiger charge is 2.20. The highest BCUT2D eigenvalue weighted by molar-refractivity contribution is 5.77. The van der Waals surface area contributed by atoms with Crippen molar-refractivity contribution in [3.8, 4) is 0 Å². The lowest BCUT2D eigenvalue weighted by Crippen LogP contribution is -2.35. The van der Waals surface area contributed by atoms with E-state index in [4.69, 9.17) is 0 Å². The average molecular weight is 380 g/mol. The second kappa shape index (κ2) is 8.00. The number of hydrogen-bond acceptors (Lipinski definition) is 3. The summed E-state index contributed by atoms with van der Waals surface area (Å²) >= 11 is 0. The van der Waals surface area contributed by atoms with Crippen LogP contribution in [0.5, 0.6) is 0 Å². The van der Waals surface area contributed by atoms with Gasteiger partial charge in [-0.25, -0.2) is 9.37 Å². The fraction of sp³-hybridized carbons (Fsp3) is 0.364. The summed E-state index contributed by atoms with van der Waals surface area (Å²) in [5.74, 6) is 0.588. The van der Waals surface area contributed by atoms with Crippen LogP contribution in [0.15, 0.2) is 42.5 Å². The number of hydrogen-bond donors (Lipinski definition) is 1. The molecule has 1 N–H and O–H groups in total. The van der Waals surface area contributed by atoms with Crippen LogP contribution in [0.25, 0.3) is 11.0 Å². The minimum Gasteiger partial charge on any atom is -0.369 e. The summed E-state index contributed by atoms with van der Waals surface area (Å²) in [6.07, 6.45) is 1.91. The molecular formula is C22H25FN4O. The molecule has 28 heavy (non-hydrogen) atoms. The van der Waals surface area contributed by atoms with Gasteiger partial charge in [0.1, 0.15) is 11.6 Å². The largest absolute Gasteiger partial charge is 0.369 e. The Balaban J connectivity index is 1.35. The van der Waals surface area contributed by atoms with Crippen molar-refractivity contribution in [2.75, 3.05) is 31.1 Å². The molecule has 1 aliphatic heterocycles. The first-order valence-electron chi connectivity index (χ1n) is 9.82. The predicted octanol–water partition coefficient (Wildman–Crippen LogP) is 3.68. The number of H-pyrrole nitrogens is 1. The first kappa shape index (κ1) is 18.5. The minimum absolute atomic E-state index is 0.151. The quantitative estimate of drug-likeness (QED) is 0.751. The Morgan fingerprint density at radius 3 is 2.86 bits per heavy atom. The second-order valence-electron chi connectivity index (χ2n) is 7.35. The van der Waals surface area contributed by atoms with E-state index in [-0.39, 0.29) is 11.7 Å². The van der Waals surface area contributed by atoms with Gasteiger partial charge < -0.3 is 14.8 Å². The summed E-state index contributed by atoms with van der Waals surface area (Å²) in [6, 6.07) is 12.9. The predicted molar refractivity (Wildman–Crippen MR) is 109 cm³/mol. The lowest BCUT2D eigenvalue weighted by molar-refractivity contribution is -0.130. The van der Waals surface area contributed by atoms with Crippen molar-refractivity contribution in [3.05, 3.63) is 59.7 Å². The molecule has 2 heterocycles. The number of carbonyl (C=O) groups excluding carboxylic acids is 1. The summed E-state index contributed by atoms with van der Waals surface area (Å²) in [5, 5.41) is 0. The summed E-state index contributed by atoms with van der Waals surface area (Å²) in [5.41, 5.74) is 3.92. The zero-order valence-electron chi connectivity index (χ0n) is 16.1. The molecule has 0 spiro atoms. The van der Waals surface area contributed by atoms with E-state index in [0.717, 1.165) is 43.9 Å². The van der Waals surface area contributed by atoms with Crippen LogP contribution in [0.2, 0.25) is 0 Å². The Morgan fingerprint density at radius 1 is 1.14 bits per heavy atom. The van der Waals surface area contributed by atoms with Gasteiger partial charge in [-0.2, -0.15) is 0 Å². The van der Waals surface area contributed by atoms with Gasteiger partial charge in [-0.1, -0.05) is 18.2 Å². The highest BCUT2D eigenvalue weighted by Crippen LogP contribution is 2.21. The lowest BCUT2D eigenvalue weighted by Gasteiger charge is -2.25. The molecule has 0 saturated carbocycles. The fourth-order valence-corrected chi connectivity index (χ4v) is 3.86. The van der Waals surface area contributed by atoms with E-state index in [1.54, 1.807) is 6.07 Å². The molecule has 0 aliphatic carbocycles. The Bertz CT molecular complexity index is 984. The van der Waals surface area contributed by atoms with E-state index in [1.165, 1.54) is 23.4 Å². The van der Waals surface area contributed by atoms with E-state index in [9.17, 15) is 9.18 Å². The topological polar surface area (TPSA) is 52.2 Å². The van der Waals surface area contributed by atoms with Gasteiger partial charge in [0.15, 0.2) is 0 Å². The molecule has 0 unspecified atom stereocenters. The normalized spacial score (nSPS) is 15.1. The van der Waals surface area contributed by atoms with Crippen LogP contribution in [0.4, 0.5) is 10.1 Å². The smallest absolute Gasteiger partial charge is 0.223 e. The number of nitrogens with zero attached hydrogens (tertiary/aromatic N) is 3. The molecule has 146 valence electrons. The molecule has 1 fully saturated rings. The number of amides is 1. The molecule has 5 nitrogen and oxygen atoms in total. The zero-order valence-corrected chi connectivity index (χ0v) is 16.1. The van der Waals surface area contributed by atoms with Crippen LogP contribution < -0.4 is 4.90 Å². The number of rotatable bonds is 4. The maximum Gasteiger partial charge on any atom is 0.223 e. The number of imidazole rings is 1. The third-order valence-electron chi connectivity index (χ3n) is 5.37. The number of aromatic nitrogens is 2. The van der Waals surface area contributed by atoms with Crippen molar-refractivity contribution < 1.29 is 9.18 Å². The molecule has 0 atom stereocenters. The van der Waals surface area contributed by atoms with E-state index in [0.29, 0.717) is 18.4 Å². The molecule has 6 heteroatoms. The SMILES string of the molecule is Cc1ccccc1N1CCCN(C(=O)CCc2nc3ccc(F)cc3[nH]2)CC1. The van der Waals surface area contributed by atoms with Gasteiger partial charge in [-0.15, -0.1) is 0 Å². The number of aromatic amines is 1. The summed E-state index contributed by atoms with van der Waals surface area (Å²) < 4.78 is 13.3. The molecule has 1 saturated heterocycles. The van der Waals surface area contributed by atoms with Crippen molar-refractivity contribution in [2.45, 2.75) is 26.2 Å². The standard InChI is InChI=1S/C22H25FN4O/c1-16-5-2-3-6-20(16)26-11-4-12-27(14-13-26)22(28)10-9-21-24-18-8-7-17(23)15-19(18)25-21/h2-3,5-8,15H,4,9-14H2,1H3,(H,24,25). The first-order valence-corrected chi connectivity index (χ1v) is 9.82. The molecule has 0 bridgehead atoms. The molecule has 1 aliphatic rings. The lowest BCUT2D eigenvalue weighted by atomic mass is 10.2. The number of nitrogens with one attached hydrogen (secondary N) is 1. The number of aryl methyl sites for hydroxylation is 2. The van der Waals surface area contributed by atoms with Gasteiger partial charge >= 0.3 is 0 Å². The Kier molecular flexibility index (Phi) is 5.28. The van der Waals surface area contributed by atoms with Gasteiger partial charge in [0.25, 0.3) is 0 Å². The van der Waals surface area contributed by atoms with Crippen LogP contribution in [0.3, 0.4) is 0 Å². The first-order chi connectivity index (χ1) is 13.6. The molecule has 0 radical (unpaired) electrons. The molecule has 1 aromatic heterocycles. The third-order valence-corrected chi connectivity index (χ3v) is 5.37. The summed E-state index contributed by atoms with van der Waals surface area (Å²) in [4.78, 5) is 24.6. The Hall–Kier alpha value is -2.89. The van der Waals surface area contributed by atoms with Gasteiger partial charge in [0, 0.05) is 44.7 Å². The molecule has 1 amide bonds. The van der Waals surface area contributed by atoms with Crippen molar-refractivity contribution in [2.24, 2.45) is 0 Å². The number of fused-ring (bicyclic) bond motifs is 1. The van der Waals surface area contributed by atoms with Crippen molar-refractivity contribution in [1.82, 2.24) is 14.9 Å². The Morgan fingerprint density at radius 2 is 2.00 bits per heavy atom. The van der Waals surface area contributed by atoms with Gasteiger partial charge in [-0.3, -0.25) is 4.79 Å². The minimum atomic E-state index is -0.290. The fourth-order valence-electron chi connectivity index (χ4n) is 3.86. The maximum absolute atomic E-state index is 13.3. The highest BCUT2D eigenvalue weighted by atomic mass is 19.1. The molecular weight excluding hydrogens is 355 g/mol. The molecule has 3 aromatic rings. The third kappa shape index (κ3) is 4.01. The zero-order chi connectivity index (χ0) is 19.5. The summed E-state index contributed by atoms with van der Waals surface area (Å²) in [7, 11) is 0.